The number of carbonyl (C=O) groups is 2. The topological polar surface area (TPSA) is 58.2 Å². The summed E-state index contributed by atoms with van der Waals surface area (Å²) >= 11 is 2.01. The van der Waals surface area contributed by atoms with Crippen LogP contribution in [-0.2, 0) is 9.59 Å². The van der Waals surface area contributed by atoms with E-state index in [2.05, 4.69) is 10.6 Å². The van der Waals surface area contributed by atoms with Crippen molar-refractivity contribution in [2.45, 2.75) is 56.1 Å². The van der Waals surface area contributed by atoms with E-state index in [1.54, 1.807) is 0 Å². The van der Waals surface area contributed by atoms with E-state index in [0.717, 1.165) is 17.4 Å². The summed E-state index contributed by atoms with van der Waals surface area (Å²) in [6.07, 6.45) is 7.67. The van der Waals surface area contributed by atoms with Crippen molar-refractivity contribution in [3.8, 4) is 0 Å². The molecule has 2 aliphatic rings. The first kappa shape index (κ1) is 18.2. The SMILES string of the molecule is O=C1C[C@H](C(=O)NCCCSC2CCCCC2)c2cc(F)ccc2N1. The third kappa shape index (κ3) is 4.97. The molecule has 1 aliphatic heterocycles. The van der Waals surface area contributed by atoms with Crippen molar-refractivity contribution >= 4 is 29.3 Å². The summed E-state index contributed by atoms with van der Waals surface area (Å²) in [7, 11) is 0. The van der Waals surface area contributed by atoms with E-state index >= 15 is 0 Å². The Labute approximate surface area is 152 Å². The van der Waals surface area contributed by atoms with E-state index < -0.39 is 11.7 Å². The fourth-order valence-electron chi connectivity index (χ4n) is 3.55. The molecule has 1 fully saturated rings. The number of hydrogen-bond acceptors (Lipinski definition) is 3. The normalized spacial score (nSPS) is 20.7. The number of benzene rings is 1. The molecule has 2 amide bonds. The minimum Gasteiger partial charge on any atom is -0.356 e. The molecule has 1 aliphatic carbocycles. The maximum Gasteiger partial charge on any atom is 0.228 e. The van der Waals surface area contributed by atoms with Gasteiger partial charge in [-0.3, -0.25) is 9.59 Å². The number of carbonyl (C=O) groups excluding carboxylic acids is 2. The number of nitrogens with one attached hydrogen (secondary N) is 2. The first-order chi connectivity index (χ1) is 12.1. The van der Waals surface area contributed by atoms with E-state index in [9.17, 15) is 14.0 Å². The van der Waals surface area contributed by atoms with Crippen molar-refractivity contribution in [3.05, 3.63) is 29.6 Å². The van der Waals surface area contributed by atoms with Gasteiger partial charge in [0.25, 0.3) is 0 Å². The highest BCUT2D eigenvalue weighted by molar-refractivity contribution is 7.99. The van der Waals surface area contributed by atoms with Gasteiger partial charge in [0.2, 0.25) is 11.8 Å². The molecular formula is C19H25FN2O2S. The van der Waals surface area contributed by atoms with Gasteiger partial charge in [-0.1, -0.05) is 19.3 Å². The average molecular weight is 364 g/mol. The Bertz CT molecular complexity index is 632. The average Bonchev–Trinajstić information content (AvgIpc) is 2.62. The van der Waals surface area contributed by atoms with Crippen LogP contribution >= 0.6 is 11.8 Å². The molecule has 0 aromatic heterocycles. The molecule has 1 heterocycles. The molecule has 1 aromatic rings. The van der Waals surface area contributed by atoms with Crippen molar-refractivity contribution in [2.24, 2.45) is 0 Å². The molecular weight excluding hydrogens is 339 g/mol. The lowest BCUT2D eigenvalue weighted by Gasteiger charge is -2.25. The fourth-order valence-corrected chi connectivity index (χ4v) is 4.87. The second kappa shape index (κ2) is 8.70. The van der Waals surface area contributed by atoms with Crippen LogP contribution in [0.15, 0.2) is 18.2 Å². The standard InChI is InChI=1S/C19H25FN2O2S/c20-13-7-8-17-15(11-13)16(12-18(23)22-17)19(24)21-9-4-10-25-14-5-2-1-3-6-14/h7-8,11,14,16H,1-6,9-10,12H2,(H,21,24)(H,22,23)/t16-/m0/s1. The van der Waals surface area contributed by atoms with Crippen LogP contribution in [0.3, 0.4) is 0 Å². The lowest BCUT2D eigenvalue weighted by molar-refractivity contribution is -0.126. The maximum absolute atomic E-state index is 13.5. The monoisotopic (exact) mass is 364 g/mol. The molecule has 0 bridgehead atoms. The quantitative estimate of drug-likeness (QED) is 0.755. The van der Waals surface area contributed by atoms with Crippen LogP contribution in [0.4, 0.5) is 10.1 Å². The van der Waals surface area contributed by atoms with Gasteiger partial charge >= 0.3 is 0 Å². The van der Waals surface area contributed by atoms with Crippen LogP contribution in [0.2, 0.25) is 0 Å². The first-order valence-electron chi connectivity index (χ1n) is 9.12. The molecule has 6 heteroatoms. The number of anilines is 1. The summed E-state index contributed by atoms with van der Waals surface area (Å²) in [5, 5.41) is 6.39. The van der Waals surface area contributed by atoms with E-state index in [1.165, 1.54) is 50.3 Å². The van der Waals surface area contributed by atoms with E-state index in [4.69, 9.17) is 0 Å². The van der Waals surface area contributed by atoms with E-state index in [1.807, 2.05) is 11.8 Å². The van der Waals surface area contributed by atoms with Crippen LogP contribution in [0.5, 0.6) is 0 Å². The van der Waals surface area contributed by atoms with Crippen LogP contribution in [0.1, 0.15) is 56.4 Å². The molecule has 3 rings (SSSR count). The molecule has 1 saturated carbocycles. The molecule has 0 unspecified atom stereocenters. The van der Waals surface area contributed by atoms with Gasteiger partial charge in [-0.15, -0.1) is 0 Å². The van der Waals surface area contributed by atoms with E-state index in [-0.39, 0.29) is 18.2 Å². The molecule has 2 N–H and O–H groups in total. The predicted octanol–water partition coefficient (Wildman–Crippen LogP) is 3.82. The molecule has 4 nitrogen and oxygen atoms in total. The fraction of sp³-hybridized carbons (Fsp3) is 0.579. The zero-order valence-corrected chi connectivity index (χ0v) is 15.2. The van der Waals surface area contributed by atoms with Crippen molar-refractivity contribution in [3.63, 3.8) is 0 Å². The van der Waals surface area contributed by atoms with Crippen molar-refractivity contribution < 1.29 is 14.0 Å². The Hall–Kier alpha value is -1.56. The van der Waals surface area contributed by atoms with Gasteiger partial charge in [-0.25, -0.2) is 4.39 Å². The number of amides is 2. The number of halogens is 1. The maximum atomic E-state index is 13.5. The number of fused-ring (bicyclic) bond motifs is 1. The van der Waals surface area contributed by atoms with Crippen molar-refractivity contribution in [1.29, 1.82) is 0 Å². The summed E-state index contributed by atoms with van der Waals surface area (Å²) < 4.78 is 13.5. The summed E-state index contributed by atoms with van der Waals surface area (Å²) in [6, 6.07) is 4.16. The van der Waals surface area contributed by atoms with Gasteiger partial charge in [0, 0.05) is 23.9 Å². The Balaban J connectivity index is 1.46. The summed E-state index contributed by atoms with van der Waals surface area (Å²) in [4.78, 5) is 24.3. The van der Waals surface area contributed by atoms with Crippen LogP contribution < -0.4 is 10.6 Å². The molecule has 1 aromatic carbocycles. The van der Waals surface area contributed by atoms with Gasteiger partial charge in [0.15, 0.2) is 0 Å². The highest BCUT2D eigenvalue weighted by Gasteiger charge is 2.30. The molecule has 0 radical (unpaired) electrons. The summed E-state index contributed by atoms with van der Waals surface area (Å²) in [6.45, 7) is 0.599. The highest BCUT2D eigenvalue weighted by atomic mass is 32.2. The molecule has 25 heavy (non-hydrogen) atoms. The minimum atomic E-state index is -0.606. The predicted molar refractivity (Wildman–Crippen MR) is 99.3 cm³/mol. The smallest absolute Gasteiger partial charge is 0.228 e. The highest BCUT2D eigenvalue weighted by Crippen LogP contribution is 2.33. The van der Waals surface area contributed by atoms with Crippen molar-refractivity contribution in [2.75, 3.05) is 17.6 Å². The largest absolute Gasteiger partial charge is 0.356 e. The van der Waals surface area contributed by atoms with Gasteiger partial charge in [-0.05, 0) is 48.8 Å². The second-order valence-corrected chi connectivity index (χ2v) is 8.22. The Kier molecular flexibility index (Phi) is 6.34. The number of hydrogen-bond donors (Lipinski definition) is 2. The minimum absolute atomic E-state index is 0.0686. The third-order valence-corrected chi connectivity index (χ3v) is 6.36. The number of thioether (sulfide) groups is 1. The van der Waals surface area contributed by atoms with Crippen LogP contribution in [-0.4, -0.2) is 29.4 Å². The first-order valence-corrected chi connectivity index (χ1v) is 10.2. The van der Waals surface area contributed by atoms with Crippen LogP contribution in [0, 0.1) is 5.82 Å². The van der Waals surface area contributed by atoms with Gasteiger partial charge in [0.05, 0.1) is 5.92 Å². The lowest BCUT2D eigenvalue weighted by Crippen LogP contribution is -2.35. The zero-order valence-electron chi connectivity index (χ0n) is 14.4. The van der Waals surface area contributed by atoms with Crippen molar-refractivity contribution in [1.82, 2.24) is 5.32 Å². The Morgan fingerprint density at radius 1 is 1.28 bits per heavy atom. The lowest BCUT2D eigenvalue weighted by atomic mass is 9.89. The second-order valence-electron chi connectivity index (χ2n) is 6.81. The van der Waals surface area contributed by atoms with Gasteiger partial charge in [-0.2, -0.15) is 11.8 Å². The van der Waals surface area contributed by atoms with Gasteiger partial charge in [0.1, 0.15) is 5.82 Å². The Morgan fingerprint density at radius 2 is 2.08 bits per heavy atom. The zero-order chi connectivity index (χ0) is 17.6. The Morgan fingerprint density at radius 3 is 2.88 bits per heavy atom. The summed E-state index contributed by atoms with van der Waals surface area (Å²) in [5.74, 6) is -0.347. The number of rotatable bonds is 6. The molecule has 136 valence electrons. The molecule has 0 saturated heterocycles. The third-order valence-electron chi connectivity index (χ3n) is 4.90. The molecule has 0 spiro atoms. The van der Waals surface area contributed by atoms with Crippen LogP contribution in [0.25, 0.3) is 0 Å². The summed E-state index contributed by atoms with van der Waals surface area (Å²) in [5.41, 5.74) is 1.10. The van der Waals surface area contributed by atoms with Gasteiger partial charge < -0.3 is 10.6 Å². The van der Waals surface area contributed by atoms with E-state index in [0.29, 0.717) is 17.8 Å². The molecule has 1 atom stereocenters.